The van der Waals surface area contributed by atoms with Crippen LogP contribution >= 0.6 is 11.8 Å². The maximum Gasteiger partial charge on any atom is 0.416 e. The molecule has 0 spiro atoms. The third-order valence-electron chi connectivity index (χ3n) is 5.89. The quantitative estimate of drug-likeness (QED) is 0.470. The molecule has 0 bridgehead atoms. The lowest BCUT2D eigenvalue weighted by atomic mass is 10.1. The highest BCUT2D eigenvalue weighted by Gasteiger charge is 2.30. The topological polar surface area (TPSA) is 61.9 Å². The number of fused-ring (bicyclic) bond motifs is 1. The number of hydrogen-bond donors (Lipinski definition) is 1. The summed E-state index contributed by atoms with van der Waals surface area (Å²) in [6.45, 7) is 4.75. The number of amides is 2. The number of ether oxygens (including phenoxy) is 1. The summed E-state index contributed by atoms with van der Waals surface area (Å²) in [7, 11) is 1.62. The standard InChI is InChI=1S/C25H26F3N3O3S/c1-30-20-16-18(23(32)29-9-2-10-31-11-13-34-14-12-31)5-8-21(20)35-22(24(30)33)15-17-3-6-19(7-4-17)25(26,27)28/h3-8,15-16H,2,9-14H2,1H3,(H,29,32)/b22-15-. The lowest BCUT2D eigenvalue weighted by Crippen LogP contribution is -2.38. The van der Waals surface area contributed by atoms with Gasteiger partial charge in [-0.1, -0.05) is 23.9 Å². The van der Waals surface area contributed by atoms with Crippen molar-refractivity contribution >= 4 is 35.3 Å². The van der Waals surface area contributed by atoms with Crippen molar-refractivity contribution in [3.63, 3.8) is 0 Å². The highest BCUT2D eigenvalue weighted by atomic mass is 32.2. The fourth-order valence-electron chi connectivity index (χ4n) is 3.89. The van der Waals surface area contributed by atoms with Crippen LogP contribution in [0.15, 0.2) is 52.3 Å². The van der Waals surface area contributed by atoms with E-state index in [0.29, 0.717) is 28.3 Å². The molecule has 186 valence electrons. The van der Waals surface area contributed by atoms with Gasteiger partial charge < -0.3 is 15.0 Å². The SMILES string of the molecule is CN1C(=O)/C(=C/c2ccc(C(F)(F)F)cc2)Sc2ccc(C(=O)NCCCN3CCOCC3)cc21. The second-order valence-electron chi connectivity index (χ2n) is 8.34. The van der Waals surface area contributed by atoms with Gasteiger partial charge in [0.05, 0.1) is 29.4 Å². The van der Waals surface area contributed by atoms with E-state index in [1.807, 2.05) is 0 Å². The van der Waals surface area contributed by atoms with Gasteiger partial charge in [0.1, 0.15) is 0 Å². The molecule has 0 radical (unpaired) electrons. The Morgan fingerprint density at radius 3 is 2.54 bits per heavy atom. The number of morpholine rings is 1. The Kier molecular flexibility index (Phi) is 7.83. The summed E-state index contributed by atoms with van der Waals surface area (Å²) in [6.07, 6.45) is -2.00. The Morgan fingerprint density at radius 2 is 1.86 bits per heavy atom. The largest absolute Gasteiger partial charge is 0.416 e. The van der Waals surface area contributed by atoms with Gasteiger partial charge in [0, 0.05) is 37.1 Å². The monoisotopic (exact) mass is 505 g/mol. The summed E-state index contributed by atoms with van der Waals surface area (Å²) < 4.78 is 43.7. The van der Waals surface area contributed by atoms with Gasteiger partial charge in [0.15, 0.2) is 0 Å². The number of alkyl halides is 3. The Bertz CT molecular complexity index is 1110. The van der Waals surface area contributed by atoms with Crippen molar-refractivity contribution in [1.29, 1.82) is 0 Å². The van der Waals surface area contributed by atoms with Crippen LogP contribution in [0.3, 0.4) is 0 Å². The molecule has 10 heteroatoms. The molecule has 35 heavy (non-hydrogen) atoms. The number of carbonyl (C=O) groups is 2. The van der Waals surface area contributed by atoms with E-state index >= 15 is 0 Å². The van der Waals surface area contributed by atoms with Crippen LogP contribution in [0.4, 0.5) is 18.9 Å². The molecule has 1 N–H and O–H groups in total. The average Bonchev–Trinajstić information content (AvgIpc) is 2.85. The fraction of sp³-hybridized carbons (Fsp3) is 0.360. The summed E-state index contributed by atoms with van der Waals surface area (Å²) in [4.78, 5) is 30.5. The zero-order valence-corrected chi connectivity index (χ0v) is 20.0. The maximum absolute atomic E-state index is 12.9. The molecule has 0 unspecified atom stereocenters. The van der Waals surface area contributed by atoms with Crippen LogP contribution in [0.1, 0.15) is 27.9 Å². The number of hydrogen-bond acceptors (Lipinski definition) is 5. The van der Waals surface area contributed by atoms with Crippen LogP contribution in [0.2, 0.25) is 0 Å². The Labute approximate surface area is 206 Å². The van der Waals surface area contributed by atoms with E-state index in [0.717, 1.165) is 56.3 Å². The van der Waals surface area contributed by atoms with E-state index in [1.54, 1.807) is 31.3 Å². The van der Waals surface area contributed by atoms with E-state index in [9.17, 15) is 22.8 Å². The van der Waals surface area contributed by atoms with Crippen molar-refractivity contribution in [2.75, 3.05) is 51.3 Å². The first-order valence-corrected chi connectivity index (χ1v) is 12.1. The molecule has 2 aliphatic rings. The van der Waals surface area contributed by atoms with Crippen LogP contribution in [-0.4, -0.2) is 63.2 Å². The van der Waals surface area contributed by atoms with E-state index in [4.69, 9.17) is 4.74 Å². The Morgan fingerprint density at radius 1 is 1.14 bits per heavy atom. The first-order valence-electron chi connectivity index (χ1n) is 11.3. The number of likely N-dealkylation sites (N-methyl/N-ethyl adjacent to an activating group) is 1. The molecule has 2 amide bonds. The van der Waals surface area contributed by atoms with Crippen LogP contribution < -0.4 is 10.2 Å². The van der Waals surface area contributed by atoms with Crippen molar-refractivity contribution in [2.45, 2.75) is 17.5 Å². The van der Waals surface area contributed by atoms with Crippen LogP contribution in [0.25, 0.3) is 6.08 Å². The highest BCUT2D eigenvalue weighted by Crippen LogP contribution is 2.42. The van der Waals surface area contributed by atoms with Gasteiger partial charge in [-0.05, 0) is 54.9 Å². The minimum absolute atomic E-state index is 0.202. The van der Waals surface area contributed by atoms with Gasteiger partial charge in [-0.2, -0.15) is 13.2 Å². The van der Waals surface area contributed by atoms with Gasteiger partial charge in [0.25, 0.3) is 11.8 Å². The van der Waals surface area contributed by atoms with Crippen molar-refractivity contribution in [2.24, 2.45) is 0 Å². The van der Waals surface area contributed by atoms with E-state index in [-0.39, 0.29) is 11.8 Å². The van der Waals surface area contributed by atoms with Gasteiger partial charge in [-0.25, -0.2) is 0 Å². The van der Waals surface area contributed by atoms with E-state index in [1.165, 1.54) is 28.8 Å². The van der Waals surface area contributed by atoms with Gasteiger partial charge >= 0.3 is 6.18 Å². The summed E-state index contributed by atoms with van der Waals surface area (Å²) in [5.74, 6) is -0.489. The Balaban J connectivity index is 1.40. The summed E-state index contributed by atoms with van der Waals surface area (Å²) in [5, 5.41) is 2.93. The van der Waals surface area contributed by atoms with Crippen molar-refractivity contribution < 1.29 is 27.5 Å². The van der Waals surface area contributed by atoms with Gasteiger partial charge in [0.2, 0.25) is 0 Å². The molecule has 0 aliphatic carbocycles. The normalized spacial score (nSPS) is 18.0. The number of carbonyl (C=O) groups excluding carboxylic acids is 2. The summed E-state index contributed by atoms with van der Waals surface area (Å²) in [6, 6.07) is 9.85. The van der Waals surface area contributed by atoms with Crippen LogP contribution in [0.5, 0.6) is 0 Å². The van der Waals surface area contributed by atoms with E-state index < -0.39 is 11.7 Å². The first-order chi connectivity index (χ1) is 16.7. The summed E-state index contributed by atoms with van der Waals surface area (Å²) in [5.41, 5.74) is 0.839. The van der Waals surface area contributed by atoms with Crippen LogP contribution in [-0.2, 0) is 15.7 Å². The van der Waals surface area contributed by atoms with Gasteiger partial charge in [-0.3, -0.25) is 14.5 Å². The lowest BCUT2D eigenvalue weighted by Gasteiger charge is -2.27. The third-order valence-corrected chi connectivity index (χ3v) is 6.97. The first kappa shape index (κ1) is 25.3. The van der Waals surface area contributed by atoms with Crippen molar-refractivity contribution in [1.82, 2.24) is 10.2 Å². The minimum atomic E-state index is -4.41. The van der Waals surface area contributed by atoms with Crippen molar-refractivity contribution in [3.8, 4) is 0 Å². The number of benzene rings is 2. The molecule has 1 saturated heterocycles. The molecular formula is C25H26F3N3O3S. The molecule has 2 heterocycles. The van der Waals surface area contributed by atoms with E-state index in [2.05, 4.69) is 10.2 Å². The maximum atomic E-state index is 12.9. The second kappa shape index (κ2) is 10.8. The van der Waals surface area contributed by atoms with Gasteiger partial charge in [-0.15, -0.1) is 0 Å². The molecular weight excluding hydrogens is 479 g/mol. The average molecular weight is 506 g/mol. The molecule has 2 aromatic carbocycles. The number of rotatable bonds is 6. The Hall–Kier alpha value is -2.82. The molecule has 2 aliphatic heterocycles. The third kappa shape index (κ3) is 6.25. The highest BCUT2D eigenvalue weighted by molar-refractivity contribution is 8.04. The molecule has 2 aromatic rings. The molecule has 1 fully saturated rings. The predicted octanol–water partition coefficient (Wildman–Crippen LogP) is 4.27. The zero-order valence-electron chi connectivity index (χ0n) is 19.2. The second-order valence-corrected chi connectivity index (χ2v) is 9.42. The molecule has 4 rings (SSSR count). The lowest BCUT2D eigenvalue weighted by molar-refractivity contribution is -0.137. The van der Waals surface area contributed by atoms with Crippen LogP contribution in [0, 0.1) is 0 Å². The summed E-state index contributed by atoms with van der Waals surface area (Å²) >= 11 is 1.23. The zero-order chi connectivity index (χ0) is 25.0. The molecule has 0 aromatic heterocycles. The van der Waals surface area contributed by atoms with Crippen molar-refractivity contribution in [3.05, 3.63) is 64.1 Å². The smallest absolute Gasteiger partial charge is 0.379 e. The number of halogens is 3. The number of thioether (sulfide) groups is 1. The fourth-order valence-corrected chi connectivity index (χ4v) is 4.98. The number of nitrogens with one attached hydrogen (secondary N) is 1. The molecule has 0 saturated carbocycles. The molecule has 0 atom stereocenters. The predicted molar refractivity (Wildman–Crippen MR) is 129 cm³/mol. The number of anilines is 1. The molecule has 6 nitrogen and oxygen atoms in total. The minimum Gasteiger partial charge on any atom is -0.379 e. The number of nitrogens with zero attached hydrogens (tertiary/aromatic N) is 2.